The average molecular weight is 221 g/mol. The third-order valence-electron chi connectivity index (χ3n) is 1.40. The van der Waals surface area contributed by atoms with Crippen molar-refractivity contribution in [3.63, 3.8) is 0 Å². The Morgan fingerprint density at radius 2 is 2.14 bits per heavy atom. The zero-order valence-electron chi connectivity index (χ0n) is 8.32. The highest BCUT2D eigenvalue weighted by molar-refractivity contribution is 7.90. The van der Waals surface area contributed by atoms with Crippen LogP contribution >= 0.6 is 0 Å². The van der Waals surface area contributed by atoms with E-state index >= 15 is 0 Å². The second-order valence-electron chi connectivity index (χ2n) is 2.59. The van der Waals surface area contributed by atoms with Gasteiger partial charge in [0.2, 0.25) is 10.0 Å². The van der Waals surface area contributed by atoms with E-state index < -0.39 is 21.7 Å². The Bertz CT molecular complexity index is 294. The van der Waals surface area contributed by atoms with Gasteiger partial charge in [0.15, 0.2) is 5.75 Å². The van der Waals surface area contributed by atoms with Crippen LogP contribution in [0.2, 0.25) is 0 Å². The fourth-order valence-electron chi connectivity index (χ4n) is 0.730. The maximum Gasteiger partial charge on any atom is 0.322 e. The van der Waals surface area contributed by atoms with Crippen molar-refractivity contribution in [2.45, 2.75) is 13.3 Å². The van der Waals surface area contributed by atoms with Gasteiger partial charge >= 0.3 is 5.97 Å². The van der Waals surface area contributed by atoms with Crippen LogP contribution in [0.3, 0.4) is 0 Å². The van der Waals surface area contributed by atoms with Crippen LogP contribution in [0.1, 0.15) is 13.3 Å². The maximum atomic E-state index is 11.1. The number of sulfonamides is 1. The molecule has 0 bridgehead atoms. The molecule has 0 aromatic rings. The Morgan fingerprint density at radius 1 is 1.50 bits per heavy atom. The average Bonchev–Trinajstić information content (AvgIpc) is 2.12. The van der Waals surface area contributed by atoms with E-state index in [4.69, 9.17) is 0 Å². The first kappa shape index (κ1) is 13.1. The van der Waals surface area contributed by atoms with Crippen molar-refractivity contribution in [3.8, 4) is 0 Å². The van der Waals surface area contributed by atoms with E-state index in [1.165, 1.54) is 0 Å². The van der Waals surface area contributed by atoms with E-state index in [0.29, 0.717) is 13.0 Å². The fourth-order valence-corrected chi connectivity index (χ4v) is 1.69. The quantitative estimate of drug-likeness (QED) is 0.390. The number of nitrogens with one attached hydrogen (secondary N) is 1. The summed E-state index contributed by atoms with van der Waals surface area (Å²) in [5, 5.41) is 0. The van der Waals surface area contributed by atoms with E-state index in [0.717, 1.165) is 7.11 Å². The first-order chi connectivity index (χ1) is 6.52. The molecule has 0 rings (SSSR count). The minimum atomic E-state index is -3.53. The van der Waals surface area contributed by atoms with Gasteiger partial charge in [-0.15, -0.1) is 0 Å². The van der Waals surface area contributed by atoms with E-state index in [1.54, 1.807) is 0 Å². The minimum absolute atomic E-state index is 0.295. The van der Waals surface area contributed by atoms with Gasteiger partial charge in [0.05, 0.1) is 7.11 Å². The van der Waals surface area contributed by atoms with Crippen molar-refractivity contribution in [1.29, 1.82) is 0 Å². The predicted molar refractivity (Wildman–Crippen MR) is 53.2 cm³/mol. The number of hydrogen-bond acceptors (Lipinski definition) is 4. The molecule has 0 saturated carbocycles. The second-order valence-corrected chi connectivity index (χ2v) is 4.39. The molecule has 0 radical (unpaired) electrons. The van der Waals surface area contributed by atoms with Crippen LogP contribution in [0, 0.1) is 0 Å². The SMILES string of the molecule is C/C=C/CCNS(=O)(=O)CC(=O)OC. The molecule has 5 nitrogen and oxygen atoms in total. The molecule has 0 spiro atoms. The van der Waals surface area contributed by atoms with Gasteiger partial charge in [-0.3, -0.25) is 4.79 Å². The van der Waals surface area contributed by atoms with Gasteiger partial charge < -0.3 is 4.74 Å². The second kappa shape index (κ2) is 6.56. The summed E-state index contributed by atoms with van der Waals surface area (Å²) < 4.78 is 28.8. The van der Waals surface area contributed by atoms with Crippen molar-refractivity contribution in [3.05, 3.63) is 12.2 Å². The third kappa shape index (κ3) is 6.62. The van der Waals surface area contributed by atoms with Gasteiger partial charge in [-0.25, -0.2) is 13.1 Å². The lowest BCUT2D eigenvalue weighted by atomic mass is 10.4. The Balaban J connectivity index is 3.90. The number of carbonyl (C=O) groups excluding carboxylic acids is 1. The van der Waals surface area contributed by atoms with Gasteiger partial charge in [0.25, 0.3) is 0 Å². The summed E-state index contributed by atoms with van der Waals surface area (Å²) in [5.74, 6) is -1.39. The number of hydrogen-bond donors (Lipinski definition) is 1. The molecule has 0 atom stereocenters. The highest BCUT2D eigenvalue weighted by Gasteiger charge is 2.15. The number of allylic oxidation sites excluding steroid dienone is 1. The Kier molecular flexibility index (Phi) is 6.14. The molecule has 0 unspecified atom stereocenters. The van der Waals surface area contributed by atoms with Crippen LogP contribution in [-0.2, 0) is 19.6 Å². The molecule has 0 saturated heterocycles. The summed E-state index contributed by atoms with van der Waals surface area (Å²) in [7, 11) is -2.38. The number of methoxy groups -OCH3 is 1. The topological polar surface area (TPSA) is 72.5 Å². The van der Waals surface area contributed by atoms with Crippen molar-refractivity contribution in [2.75, 3.05) is 19.4 Å². The molecule has 0 aromatic carbocycles. The standard InChI is InChI=1S/C8H15NO4S/c1-3-4-5-6-9-14(11,12)7-8(10)13-2/h3-4,9H,5-7H2,1-2H3/b4-3+. The molecule has 0 heterocycles. The van der Waals surface area contributed by atoms with Crippen molar-refractivity contribution in [2.24, 2.45) is 0 Å². The molecule has 0 aromatic heterocycles. The summed E-state index contributed by atoms with van der Waals surface area (Å²) in [6.45, 7) is 2.15. The lowest BCUT2D eigenvalue weighted by Crippen LogP contribution is -2.31. The first-order valence-corrected chi connectivity index (χ1v) is 5.82. The van der Waals surface area contributed by atoms with Crippen molar-refractivity contribution in [1.82, 2.24) is 4.72 Å². The molecule has 0 aliphatic rings. The van der Waals surface area contributed by atoms with Gasteiger partial charge in [-0.2, -0.15) is 0 Å². The molecular weight excluding hydrogens is 206 g/mol. The Morgan fingerprint density at radius 3 is 2.64 bits per heavy atom. The van der Waals surface area contributed by atoms with Crippen LogP contribution in [0.15, 0.2) is 12.2 Å². The highest BCUT2D eigenvalue weighted by Crippen LogP contribution is 1.88. The summed E-state index contributed by atoms with van der Waals surface area (Å²) in [6, 6.07) is 0. The minimum Gasteiger partial charge on any atom is -0.468 e. The molecule has 0 fully saturated rings. The third-order valence-corrected chi connectivity index (χ3v) is 2.66. The lowest BCUT2D eigenvalue weighted by Gasteiger charge is -2.03. The summed E-state index contributed by atoms with van der Waals surface area (Å²) in [5.41, 5.74) is 0. The maximum absolute atomic E-state index is 11.1. The van der Waals surface area contributed by atoms with Crippen LogP contribution in [-0.4, -0.2) is 33.8 Å². The van der Waals surface area contributed by atoms with Crippen LogP contribution in [0.5, 0.6) is 0 Å². The largest absolute Gasteiger partial charge is 0.468 e. The number of esters is 1. The zero-order chi connectivity index (χ0) is 11.0. The first-order valence-electron chi connectivity index (χ1n) is 4.17. The molecule has 6 heteroatoms. The van der Waals surface area contributed by atoms with Gasteiger partial charge in [0.1, 0.15) is 0 Å². The Hall–Kier alpha value is -0.880. The summed E-state index contributed by atoms with van der Waals surface area (Å²) in [4.78, 5) is 10.7. The fraction of sp³-hybridized carbons (Fsp3) is 0.625. The molecule has 0 aliphatic heterocycles. The van der Waals surface area contributed by atoms with E-state index in [1.807, 2.05) is 19.1 Å². The predicted octanol–water partition coefficient (Wildman–Crippen LogP) is 0.0450. The number of carbonyl (C=O) groups is 1. The summed E-state index contributed by atoms with van der Waals surface area (Å²) >= 11 is 0. The van der Waals surface area contributed by atoms with Gasteiger partial charge in [-0.1, -0.05) is 12.2 Å². The van der Waals surface area contributed by atoms with E-state index in [2.05, 4.69) is 9.46 Å². The van der Waals surface area contributed by atoms with E-state index in [-0.39, 0.29) is 0 Å². The Labute approximate surface area is 84.2 Å². The summed E-state index contributed by atoms with van der Waals surface area (Å²) in [6.07, 6.45) is 4.27. The van der Waals surface area contributed by atoms with Gasteiger partial charge in [0, 0.05) is 6.54 Å². The molecule has 14 heavy (non-hydrogen) atoms. The van der Waals surface area contributed by atoms with Crippen LogP contribution < -0.4 is 4.72 Å². The number of ether oxygens (including phenoxy) is 1. The number of rotatable bonds is 6. The van der Waals surface area contributed by atoms with E-state index in [9.17, 15) is 13.2 Å². The normalized spacial score (nSPS) is 11.9. The van der Waals surface area contributed by atoms with Crippen molar-refractivity contribution >= 4 is 16.0 Å². The molecule has 1 N–H and O–H groups in total. The van der Waals surface area contributed by atoms with Crippen molar-refractivity contribution < 1.29 is 17.9 Å². The highest BCUT2D eigenvalue weighted by atomic mass is 32.2. The molecule has 0 aliphatic carbocycles. The smallest absolute Gasteiger partial charge is 0.322 e. The molecular formula is C8H15NO4S. The monoisotopic (exact) mass is 221 g/mol. The zero-order valence-corrected chi connectivity index (χ0v) is 9.13. The van der Waals surface area contributed by atoms with Crippen LogP contribution in [0.25, 0.3) is 0 Å². The van der Waals surface area contributed by atoms with Gasteiger partial charge in [-0.05, 0) is 13.3 Å². The molecule has 82 valence electrons. The lowest BCUT2D eigenvalue weighted by molar-refractivity contribution is -0.137. The van der Waals surface area contributed by atoms with Crippen LogP contribution in [0.4, 0.5) is 0 Å². The molecule has 0 amide bonds.